The van der Waals surface area contributed by atoms with Crippen LogP contribution in [0.3, 0.4) is 0 Å². The lowest BCUT2D eigenvalue weighted by molar-refractivity contribution is -0.146. The minimum atomic E-state index is -0.288. The second-order valence-corrected chi connectivity index (χ2v) is 2.68. The molecular formula is C7H13NO3. The zero-order valence-electron chi connectivity index (χ0n) is 6.79. The Morgan fingerprint density at radius 1 is 1.64 bits per heavy atom. The van der Waals surface area contributed by atoms with Crippen LogP contribution in [-0.2, 0) is 14.3 Å². The van der Waals surface area contributed by atoms with E-state index in [4.69, 9.17) is 4.74 Å². The molecule has 2 atom stereocenters. The van der Waals surface area contributed by atoms with Crippen molar-refractivity contribution in [3.05, 3.63) is 0 Å². The molecule has 1 fully saturated rings. The van der Waals surface area contributed by atoms with Crippen molar-refractivity contribution >= 4 is 5.97 Å². The smallest absolute Gasteiger partial charge is 0.325 e. The Morgan fingerprint density at radius 2 is 2.36 bits per heavy atom. The molecule has 1 heterocycles. The number of hydrogen-bond acceptors (Lipinski definition) is 4. The van der Waals surface area contributed by atoms with Gasteiger partial charge >= 0.3 is 5.97 Å². The molecule has 1 aliphatic rings. The lowest BCUT2D eigenvalue weighted by atomic mass is 10.2. The van der Waals surface area contributed by atoms with Crippen molar-refractivity contribution < 1.29 is 14.3 Å². The highest BCUT2D eigenvalue weighted by Gasteiger charge is 2.24. The Kier molecular flexibility index (Phi) is 2.84. The maximum absolute atomic E-state index is 10.9. The van der Waals surface area contributed by atoms with Crippen LogP contribution in [0.1, 0.15) is 6.92 Å². The van der Waals surface area contributed by atoms with Crippen molar-refractivity contribution in [2.45, 2.75) is 19.0 Å². The molecule has 0 radical (unpaired) electrons. The van der Waals surface area contributed by atoms with E-state index in [2.05, 4.69) is 10.1 Å². The molecule has 0 amide bonds. The van der Waals surface area contributed by atoms with Gasteiger partial charge in [0.25, 0.3) is 0 Å². The minimum Gasteiger partial charge on any atom is -0.468 e. The van der Waals surface area contributed by atoms with Crippen molar-refractivity contribution in [2.75, 3.05) is 20.3 Å². The average Bonchev–Trinajstić information content (AvgIpc) is 2.03. The first-order valence-corrected chi connectivity index (χ1v) is 3.65. The van der Waals surface area contributed by atoms with E-state index < -0.39 is 0 Å². The summed E-state index contributed by atoms with van der Waals surface area (Å²) in [5, 5.41) is 3.07. The summed E-state index contributed by atoms with van der Waals surface area (Å²) in [5.74, 6) is -0.253. The Balaban J connectivity index is 2.39. The molecule has 64 valence electrons. The predicted molar refractivity (Wildman–Crippen MR) is 39.2 cm³/mol. The third-order valence-electron chi connectivity index (χ3n) is 1.62. The first-order valence-electron chi connectivity index (χ1n) is 3.65. The summed E-state index contributed by atoms with van der Waals surface area (Å²) >= 11 is 0. The third kappa shape index (κ3) is 2.17. The van der Waals surface area contributed by atoms with E-state index >= 15 is 0 Å². The van der Waals surface area contributed by atoms with Gasteiger partial charge in [0.2, 0.25) is 0 Å². The van der Waals surface area contributed by atoms with Crippen LogP contribution in [0.25, 0.3) is 0 Å². The van der Waals surface area contributed by atoms with Gasteiger partial charge < -0.3 is 9.47 Å². The van der Waals surface area contributed by atoms with Crippen LogP contribution in [0.5, 0.6) is 0 Å². The van der Waals surface area contributed by atoms with Crippen molar-refractivity contribution in [2.24, 2.45) is 0 Å². The van der Waals surface area contributed by atoms with E-state index in [1.54, 1.807) is 0 Å². The fourth-order valence-electron chi connectivity index (χ4n) is 1.08. The highest BCUT2D eigenvalue weighted by atomic mass is 16.5. The molecule has 1 aliphatic heterocycles. The Morgan fingerprint density at radius 3 is 2.91 bits per heavy atom. The Bertz CT molecular complexity index is 149. The van der Waals surface area contributed by atoms with Crippen molar-refractivity contribution in [3.8, 4) is 0 Å². The maximum atomic E-state index is 10.9. The van der Waals surface area contributed by atoms with Gasteiger partial charge in [-0.1, -0.05) is 0 Å². The number of esters is 1. The van der Waals surface area contributed by atoms with Crippen LogP contribution in [-0.4, -0.2) is 38.4 Å². The van der Waals surface area contributed by atoms with Crippen molar-refractivity contribution in [1.82, 2.24) is 5.32 Å². The van der Waals surface area contributed by atoms with E-state index in [0.717, 1.165) is 0 Å². The summed E-state index contributed by atoms with van der Waals surface area (Å²) in [6.45, 7) is 3.04. The highest BCUT2D eigenvalue weighted by molar-refractivity contribution is 5.75. The summed E-state index contributed by atoms with van der Waals surface area (Å²) < 4.78 is 9.71. The predicted octanol–water partition coefficient (Wildman–Crippen LogP) is -0.464. The number of morpholine rings is 1. The third-order valence-corrected chi connectivity index (χ3v) is 1.62. The normalized spacial score (nSPS) is 31.5. The van der Waals surface area contributed by atoms with Gasteiger partial charge in [-0.25, -0.2) is 0 Å². The topological polar surface area (TPSA) is 47.6 Å². The molecular weight excluding hydrogens is 146 g/mol. The van der Waals surface area contributed by atoms with Crippen LogP contribution in [0.15, 0.2) is 0 Å². The molecule has 11 heavy (non-hydrogen) atoms. The van der Waals surface area contributed by atoms with Crippen LogP contribution in [0, 0.1) is 0 Å². The molecule has 0 spiro atoms. The Labute approximate surface area is 65.9 Å². The number of nitrogens with one attached hydrogen (secondary N) is 1. The Hall–Kier alpha value is -0.610. The largest absolute Gasteiger partial charge is 0.468 e. The van der Waals surface area contributed by atoms with Crippen LogP contribution in [0.4, 0.5) is 0 Å². The van der Waals surface area contributed by atoms with Gasteiger partial charge in [0, 0.05) is 6.04 Å². The molecule has 0 aliphatic carbocycles. The maximum Gasteiger partial charge on any atom is 0.325 e. The molecule has 0 aromatic heterocycles. The van der Waals surface area contributed by atoms with Gasteiger partial charge in [-0.3, -0.25) is 10.1 Å². The van der Waals surface area contributed by atoms with Gasteiger partial charge in [0.15, 0.2) is 0 Å². The minimum absolute atomic E-state index is 0.229. The van der Waals surface area contributed by atoms with Crippen molar-refractivity contribution in [1.29, 1.82) is 0 Å². The summed E-state index contributed by atoms with van der Waals surface area (Å²) in [7, 11) is 1.38. The first kappa shape index (κ1) is 8.49. The molecule has 1 rings (SSSR count). The molecule has 4 nitrogen and oxygen atoms in total. The monoisotopic (exact) mass is 159 g/mol. The standard InChI is InChI=1S/C7H13NO3/c1-5-3-11-4-6(8-5)7(9)10-2/h5-6,8H,3-4H2,1-2H3/t5-,6+/m0/s1. The second kappa shape index (κ2) is 3.69. The van der Waals surface area contributed by atoms with E-state index in [1.165, 1.54) is 7.11 Å². The first-order chi connectivity index (χ1) is 5.24. The van der Waals surface area contributed by atoms with Gasteiger partial charge in [0.1, 0.15) is 6.04 Å². The van der Waals surface area contributed by atoms with E-state index in [9.17, 15) is 4.79 Å². The van der Waals surface area contributed by atoms with Crippen LogP contribution >= 0.6 is 0 Å². The average molecular weight is 159 g/mol. The number of carbonyl (C=O) groups is 1. The van der Waals surface area contributed by atoms with Crippen LogP contribution in [0.2, 0.25) is 0 Å². The quantitative estimate of drug-likeness (QED) is 0.526. The highest BCUT2D eigenvalue weighted by Crippen LogP contribution is 1.99. The second-order valence-electron chi connectivity index (χ2n) is 2.68. The zero-order valence-corrected chi connectivity index (χ0v) is 6.79. The lowest BCUT2D eigenvalue weighted by Crippen LogP contribution is -2.51. The summed E-state index contributed by atoms with van der Waals surface area (Å²) in [5.41, 5.74) is 0. The molecule has 0 unspecified atom stereocenters. The van der Waals surface area contributed by atoms with Gasteiger partial charge in [0.05, 0.1) is 20.3 Å². The summed E-state index contributed by atoms with van der Waals surface area (Å²) in [4.78, 5) is 10.9. The molecule has 0 aromatic rings. The van der Waals surface area contributed by atoms with Crippen LogP contribution < -0.4 is 5.32 Å². The zero-order chi connectivity index (χ0) is 8.27. The number of hydrogen-bond donors (Lipinski definition) is 1. The molecule has 1 N–H and O–H groups in total. The SMILES string of the molecule is COC(=O)[C@H]1COC[C@H](C)N1. The molecule has 0 aromatic carbocycles. The van der Waals surface area contributed by atoms with E-state index in [-0.39, 0.29) is 18.1 Å². The van der Waals surface area contributed by atoms with E-state index in [0.29, 0.717) is 13.2 Å². The van der Waals surface area contributed by atoms with Gasteiger partial charge in [-0.2, -0.15) is 0 Å². The fourth-order valence-corrected chi connectivity index (χ4v) is 1.08. The summed E-state index contributed by atoms with van der Waals surface area (Å²) in [6, 6.07) is -0.0587. The molecule has 4 heteroatoms. The van der Waals surface area contributed by atoms with Gasteiger partial charge in [-0.15, -0.1) is 0 Å². The van der Waals surface area contributed by atoms with E-state index in [1.807, 2.05) is 6.92 Å². The number of carbonyl (C=O) groups excluding carboxylic acids is 1. The molecule has 0 bridgehead atoms. The number of methoxy groups -OCH3 is 1. The molecule has 0 saturated carbocycles. The van der Waals surface area contributed by atoms with Gasteiger partial charge in [-0.05, 0) is 6.92 Å². The lowest BCUT2D eigenvalue weighted by Gasteiger charge is -2.26. The fraction of sp³-hybridized carbons (Fsp3) is 0.857. The number of ether oxygens (including phenoxy) is 2. The number of rotatable bonds is 1. The molecule has 1 saturated heterocycles. The summed E-state index contributed by atoms with van der Waals surface area (Å²) in [6.07, 6.45) is 0. The van der Waals surface area contributed by atoms with Crippen molar-refractivity contribution in [3.63, 3.8) is 0 Å².